The van der Waals surface area contributed by atoms with Crippen LogP contribution in [-0.2, 0) is 19.4 Å². The number of hydrogen-bond acceptors (Lipinski definition) is 4. The maximum atomic E-state index is 12.6. The van der Waals surface area contributed by atoms with Gasteiger partial charge in [-0.15, -0.1) is 0 Å². The van der Waals surface area contributed by atoms with Crippen molar-refractivity contribution in [2.75, 3.05) is 13.9 Å². The Morgan fingerprint density at radius 3 is 2.39 bits per heavy atom. The zero-order valence-corrected chi connectivity index (χ0v) is 17.5. The van der Waals surface area contributed by atoms with Crippen LogP contribution in [0.5, 0.6) is 17.2 Å². The second-order valence-corrected chi connectivity index (χ2v) is 7.45. The van der Waals surface area contributed by atoms with E-state index in [4.69, 9.17) is 14.2 Å². The Bertz CT molecular complexity index is 1010. The predicted octanol–water partition coefficient (Wildman–Crippen LogP) is 4.08. The normalized spacial score (nSPS) is 12.8. The molecule has 0 radical (unpaired) electrons. The third-order valence-electron chi connectivity index (χ3n) is 5.19. The van der Waals surface area contributed by atoms with Crippen LogP contribution in [0, 0.1) is 0 Å². The van der Waals surface area contributed by atoms with Crippen molar-refractivity contribution >= 4 is 6.03 Å². The van der Waals surface area contributed by atoms with Crippen LogP contribution >= 0.6 is 0 Å². The van der Waals surface area contributed by atoms with Gasteiger partial charge in [-0.25, -0.2) is 4.79 Å². The highest BCUT2D eigenvalue weighted by Crippen LogP contribution is 2.33. The zero-order valence-electron chi connectivity index (χ0n) is 17.5. The quantitative estimate of drug-likeness (QED) is 0.579. The number of fused-ring (bicyclic) bond motifs is 1. The number of nitrogens with one attached hydrogen (secondary N) is 2. The molecule has 0 aromatic heterocycles. The number of methoxy groups -OCH3 is 1. The van der Waals surface area contributed by atoms with E-state index < -0.39 is 0 Å². The highest BCUT2D eigenvalue weighted by molar-refractivity contribution is 5.74. The molecule has 2 amide bonds. The van der Waals surface area contributed by atoms with Gasteiger partial charge >= 0.3 is 6.03 Å². The van der Waals surface area contributed by atoms with Gasteiger partial charge in [0.05, 0.1) is 7.11 Å². The number of ether oxygens (including phenoxy) is 3. The number of hydrogen-bond donors (Lipinski definition) is 2. The maximum absolute atomic E-state index is 12.6. The van der Waals surface area contributed by atoms with E-state index in [0.717, 1.165) is 33.9 Å². The van der Waals surface area contributed by atoms with Gasteiger partial charge in [0.2, 0.25) is 6.79 Å². The lowest BCUT2D eigenvalue weighted by molar-refractivity contribution is 0.174. The molecule has 1 aliphatic heterocycles. The fourth-order valence-corrected chi connectivity index (χ4v) is 3.59. The molecule has 3 aromatic rings. The Hall–Kier alpha value is -3.67. The number of benzene rings is 3. The minimum Gasteiger partial charge on any atom is -0.497 e. The first-order valence-corrected chi connectivity index (χ1v) is 10.3. The van der Waals surface area contributed by atoms with E-state index in [1.54, 1.807) is 7.11 Å². The van der Waals surface area contributed by atoms with E-state index in [1.165, 1.54) is 0 Å². The molecule has 1 aliphatic rings. The summed E-state index contributed by atoms with van der Waals surface area (Å²) in [5, 5.41) is 6.07. The van der Waals surface area contributed by atoms with Gasteiger partial charge in [0, 0.05) is 12.6 Å². The molecule has 31 heavy (non-hydrogen) atoms. The van der Waals surface area contributed by atoms with Gasteiger partial charge in [-0.05, 0) is 53.8 Å². The largest absolute Gasteiger partial charge is 0.497 e. The monoisotopic (exact) mass is 418 g/mol. The number of carbonyl (C=O) groups is 1. The molecule has 1 atom stereocenters. The molecule has 2 N–H and O–H groups in total. The summed E-state index contributed by atoms with van der Waals surface area (Å²) in [5.74, 6) is 2.31. The van der Waals surface area contributed by atoms with Crippen molar-refractivity contribution in [2.45, 2.75) is 25.4 Å². The second-order valence-electron chi connectivity index (χ2n) is 7.45. The van der Waals surface area contributed by atoms with Crippen LogP contribution in [-0.4, -0.2) is 26.0 Å². The van der Waals surface area contributed by atoms with E-state index in [1.807, 2.05) is 72.8 Å². The van der Waals surface area contributed by atoms with E-state index in [-0.39, 0.29) is 18.9 Å². The average molecular weight is 418 g/mol. The topological polar surface area (TPSA) is 68.8 Å². The Balaban J connectivity index is 1.43. The molecule has 1 heterocycles. The van der Waals surface area contributed by atoms with Crippen molar-refractivity contribution in [3.8, 4) is 17.2 Å². The maximum Gasteiger partial charge on any atom is 0.315 e. The Labute approximate surface area is 182 Å². The summed E-state index contributed by atoms with van der Waals surface area (Å²) in [6.45, 7) is 0.722. The fourth-order valence-electron chi connectivity index (χ4n) is 3.59. The van der Waals surface area contributed by atoms with Gasteiger partial charge in [-0.2, -0.15) is 0 Å². The first-order valence-electron chi connectivity index (χ1n) is 10.3. The third kappa shape index (κ3) is 5.69. The van der Waals surface area contributed by atoms with Crippen LogP contribution in [0.2, 0.25) is 0 Å². The molecule has 0 saturated heterocycles. The Morgan fingerprint density at radius 1 is 0.903 bits per heavy atom. The van der Waals surface area contributed by atoms with Gasteiger partial charge in [0.1, 0.15) is 5.75 Å². The van der Waals surface area contributed by atoms with Gasteiger partial charge in [0.25, 0.3) is 0 Å². The lowest BCUT2D eigenvalue weighted by Gasteiger charge is -2.20. The van der Waals surface area contributed by atoms with Crippen molar-refractivity contribution in [1.29, 1.82) is 0 Å². The lowest BCUT2D eigenvalue weighted by atomic mass is 9.98. The molecule has 0 unspecified atom stereocenters. The molecule has 6 nitrogen and oxygen atoms in total. The predicted molar refractivity (Wildman–Crippen MR) is 119 cm³/mol. The van der Waals surface area contributed by atoms with Crippen molar-refractivity contribution in [3.63, 3.8) is 0 Å². The summed E-state index contributed by atoms with van der Waals surface area (Å²) in [5.41, 5.74) is 3.25. The van der Waals surface area contributed by atoms with Crippen molar-refractivity contribution in [2.24, 2.45) is 0 Å². The molecule has 3 aromatic carbocycles. The summed E-state index contributed by atoms with van der Waals surface area (Å²) in [6.07, 6.45) is 1.36. The fraction of sp³-hybridized carbons (Fsp3) is 0.240. The highest BCUT2D eigenvalue weighted by atomic mass is 16.7. The van der Waals surface area contributed by atoms with Crippen LogP contribution in [0.25, 0.3) is 0 Å². The zero-order chi connectivity index (χ0) is 21.5. The Morgan fingerprint density at radius 2 is 1.61 bits per heavy atom. The second kappa shape index (κ2) is 9.89. The molecule has 0 saturated carbocycles. The molecule has 6 heteroatoms. The number of urea groups is 1. The first-order chi connectivity index (χ1) is 15.2. The van der Waals surface area contributed by atoms with Gasteiger partial charge in [0.15, 0.2) is 11.5 Å². The van der Waals surface area contributed by atoms with Crippen LogP contribution in [0.1, 0.15) is 16.7 Å². The molecular weight excluding hydrogens is 392 g/mol. The van der Waals surface area contributed by atoms with E-state index >= 15 is 0 Å². The van der Waals surface area contributed by atoms with Crippen molar-refractivity contribution < 1.29 is 19.0 Å². The lowest BCUT2D eigenvalue weighted by Crippen LogP contribution is -2.43. The van der Waals surface area contributed by atoms with Gasteiger partial charge < -0.3 is 24.8 Å². The summed E-state index contributed by atoms with van der Waals surface area (Å²) in [7, 11) is 1.65. The SMILES string of the molecule is COc1ccc(C[C@H](Cc2ccc3c(c2)OCO3)NC(=O)NCc2ccccc2)cc1. The van der Waals surface area contributed by atoms with E-state index in [9.17, 15) is 4.79 Å². The van der Waals surface area contributed by atoms with Crippen LogP contribution in [0.15, 0.2) is 72.8 Å². The van der Waals surface area contributed by atoms with E-state index in [2.05, 4.69) is 10.6 Å². The standard InChI is InChI=1S/C25H26N2O4/c1-29-22-10-7-18(8-11-22)13-21(14-20-9-12-23-24(15-20)31-17-30-23)27-25(28)26-16-19-5-3-2-4-6-19/h2-12,15,21H,13-14,16-17H2,1H3,(H2,26,27,28)/t21-/m1/s1. The third-order valence-corrected chi connectivity index (χ3v) is 5.19. The highest BCUT2D eigenvalue weighted by Gasteiger charge is 2.18. The summed E-state index contributed by atoms with van der Waals surface area (Å²) >= 11 is 0. The number of rotatable bonds is 8. The molecule has 4 rings (SSSR count). The van der Waals surface area contributed by atoms with Gasteiger partial charge in [-0.3, -0.25) is 0 Å². The molecule has 0 spiro atoms. The van der Waals surface area contributed by atoms with Crippen molar-refractivity contribution in [3.05, 3.63) is 89.5 Å². The molecule has 0 aliphatic carbocycles. The van der Waals surface area contributed by atoms with Crippen LogP contribution in [0.3, 0.4) is 0 Å². The summed E-state index contributed by atoms with van der Waals surface area (Å²) < 4.78 is 16.1. The summed E-state index contributed by atoms with van der Waals surface area (Å²) in [4.78, 5) is 12.6. The minimum atomic E-state index is -0.192. The number of carbonyl (C=O) groups excluding carboxylic acids is 1. The van der Waals surface area contributed by atoms with Gasteiger partial charge in [-0.1, -0.05) is 48.5 Å². The molecule has 0 fully saturated rings. The summed E-state index contributed by atoms with van der Waals surface area (Å²) in [6, 6.07) is 23.4. The van der Waals surface area contributed by atoms with Crippen molar-refractivity contribution in [1.82, 2.24) is 10.6 Å². The number of amides is 2. The minimum absolute atomic E-state index is 0.0930. The van der Waals surface area contributed by atoms with Crippen LogP contribution < -0.4 is 24.8 Å². The smallest absolute Gasteiger partial charge is 0.315 e. The Kier molecular flexibility index (Phi) is 6.57. The van der Waals surface area contributed by atoms with E-state index in [0.29, 0.717) is 19.4 Å². The molecule has 160 valence electrons. The molecule has 0 bridgehead atoms. The average Bonchev–Trinajstić information content (AvgIpc) is 3.27. The molecular formula is C25H26N2O4. The van der Waals surface area contributed by atoms with Crippen LogP contribution in [0.4, 0.5) is 4.79 Å². The first kappa shape index (κ1) is 20.6.